The maximum Gasteiger partial charge on any atom is 0.339 e. The molecular formula is C55H50N4O10. The smallest absolute Gasteiger partial charge is 0.339 e. The summed E-state index contributed by atoms with van der Waals surface area (Å²) in [6, 6.07) is 33.1. The summed E-state index contributed by atoms with van der Waals surface area (Å²) < 4.78 is 10.5. The molecule has 6 aromatic carbocycles. The Labute approximate surface area is 398 Å². The van der Waals surface area contributed by atoms with Crippen molar-refractivity contribution in [2.75, 3.05) is 36.2 Å². The van der Waals surface area contributed by atoms with E-state index in [1.165, 1.54) is 51.2 Å². The summed E-state index contributed by atoms with van der Waals surface area (Å²) in [6.07, 6.45) is 0. The van der Waals surface area contributed by atoms with E-state index in [-0.39, 0.29) is 50.6 Å². The molecule has 69 heavy (non-hydrogen) atoms. The van der Waals surface area contributed by atoms with Crippen LogP contribution in [0.25, 0.3) is 10.8 Å². The van der Waals surface area contributed by atoms with Crippen molar-refractivity contribution < 1.29 is 47.8 Å². The first-order chi connectivity index (χ1) is 32.8. The molecule has 6 rings (SSSR count). The van der Waals surface area contributed by atoms with E-state index in [4.69, 9.17) is 9.47 Å². The first kappa shape index (κ1) is 49.6. The number of hydrogen-bond acceptors (Lipinski definition) is 10. The minimum Gasteiger partial charge on any atom is -0.454 e. The zero-order valence-electron chi connectivity index (χ0n) is 39.0. The number of fused-ring (bicyclic) bond motifs is 1. The fraction of sp³-hybridized carbons (Fsp3) is 0.164. The van der Waals surface area contributed by atoms with Crippen molar-refractivity contribution in [1.82, 2.24) is 5.32 Å². The Morgan fingerprint density at radius 1 is 0.507 bits per heavy atom. The van der Waals surface area contributed by atoms with Gasteiger partial charge in [0.2, 0.25) is 0 Å². The minimum atomic E-state index is -0.999. The molecule has 0 bridgehead atoms. The summed E-state index contributed by atoms with van der Waals surface area (Å²) in [7, 11) is 1.40. The number of rotatable bonds is 17. The molecule has 0 saturated heterocycles. The fourth-order valence-corrected chi connectivity index (χ4v) is 7.20. The highest BCUT2D eigenvalue weighted by atomic mass is 16.5. The summed E-state index contributed by atoms with van der Waals surface area (Å²) in [4.78, 5) is 105. The number of esters is 2. The second-order valence-electron chi connectivity index (χ2n) is 16.8. The van der Waals surface area contributed by atoms with Crippen LogP contribution >= 0.6 is 0 Å². The average molecular weight is 927 g/mol. The van der Waals surface area contributed by atoms with Crippen molar-refractivity contribution >= 4 is 75.0 Å². The fourth-order valence-electron chi connectivity index (χ4n) is 7.20. The van der Waals surface area contributed by atoms with Crippen LogP contribution < -0.4 is 21.3 Å². The second-order valence-corrected chi connectivity index (χ2v) is 16.8. The first-order valence-corrected chi connectivity index (χ1v) is 21.6. The van der Waals surface area contributed by atoms with Crippen molar-refractivity contribution in [1.29, 1.82) is 0 Å². The van der Waals surface area contributed by atoms with Crippen LogP contribution in [-0.4, -0.2) is 67.4 Å². The van der Waals surface area contributed by atoms with Crippen molar-refractivity contribution in [2.45, 2.75) is 40.0 Å². The van der Waals surface area contributed by atoms with E-state index in [1.54, 1.807) is 80.6 Å². The lowest BCUT2D eigenvalue weighted by atomic mass is 9.76. The summed E-state index contributed by atoms with van der Waals surface area (Å²) >= 11 is 0. The van der Waals surface area contributed by atoms with Crippen LogP contribution in [0.15, 0.2) is 146 Å². The minimum absolute atomic E-state index is 0.0345. The molecule has 4 amide bonds. The van der Waals surface area contributed by atoms with E-state index in [2.05, 4.69) is 34.4 Å². The van der Waals surface area contributed by atoms with Crippen LogP contribution in [0.2, 0.25) is 0 Å². The van der Waals surface area contributed by atoms with Gasteiger partial charge in [0.1, 0.15) is 0 Å². The van der Waals surface area contributed by atoms with E-state index in [0.29, 0.717) is 38.8 Å². The van der Waals surface area contributed by atoms with Crippen LogP contribution in [0.5, 0.6) is 0 Å². The zero-order chi connectivity index (χ0) is 50.2. The van der Waals surface area contributed by atoms with Crippen LogP contribution in [-0.2, 0) is 24.5 Å². The highest BCUT2D eigenvalue weighted by Crippen LogP contribution is 2.35. The third-order valence-electron chi connectivity index (χ3n) is 11.3. The molecule has 0 aliphatic heterocycles. The molecule has 0 heterocycles. The monoisotopic (exact) mass is 926 g/mol. The molecule has 0 spiro atoms. The van der Waals surface area contributed by atoms with E-state index in [9.17, 15) is 38.4 Å². The molecule has 0 aromatic heterocycles. The lowest BCUT2D eigenvalue weighted by molar-refractivity contribution is -0.119. The standard InChI is InChI=1S/C55H50N4O10/c1-31(2)47(60)29-68-53(66)41-23-21-36(27-43(41)51(64)56-8)55(6,7)37-22-24-42(54(67)69-30-48(61)32(3)4)44(28-37)52(65)57-38-16-10-15-35(26-38)50(63)59-46-20-12-17-39-40(46)18-11-19-45(39)58-49(62)34-14-9-13-33(5)25-34/h9-28H,1,3,29-30H2,2,4-8H3,(H,56,64)(H,57,65)(H,58,62)(H,59,63). The van der Waals surface area contributed by atoms with Gasteiger partial charge in [0.25, 0.3) is 23.6 Å². The van der Waals surface area contributed by atoms with Gasteiger partial charge in [0, 0.05) is 51.4 Å². The predicted octanol–water partition coefficient (Wildman–Crippen LogP) is 9.19. The third kappa shape index (κ3) is 11.6. The number of aryl methyl sites for hydroxylation is 1. The lowest BCUT2D eigenvalue weighted by Gasteiger charge is -2.28. The van der Waals surface area contributed by atoms with E-state index in [0.717, 1.165) is 5.56 Å². The lowest BCUT2D eigenvalue weighted by Crippen LogP contribution is -2.26. The molecule has 350 valence electrons. The van der Waals surface area contributed by atoms with Gasteiger partial charge in [-0.2, -0.15) is 0 Å². The van der Waals surface area contributed by atoms with Gasteiger partial charge in [0.05, 0.1) is 22.3 Å². The maximum absolute atomic E-state index is 14.3. The molecule has 0 fully saturated rings. The number of hydrogen-bond donors (Lipinski definition) is 4. The van der Waals surface area contributed by atoms with Crippen molar-refractivity contribution in [2.24, 2.45) is 0 Å². The predicted molar refractivity (Wildman–Crippen MR) is 264 cm³/mol. The Bertz CT molecular complexity index is 3130. The van der Waals surface area contributed by atoms with Crippen molar-refractivity contribution in [3.63, 3.8) is 0 Å². The van der Waals surface area contributed by atoms with Crippen LogP contribution in [0.1, 0.15) is 107 Å². The Kier molecular flexibility index (Phi) is 15.3. The molecule has 6 aromatic rings. The number of ketones is 2. The molecule has 14 heteroatoms. The maximum atomic E-state index is 14.3. The molecule has 0 atom stereocenters. The number of Topliss-reactive ketones (excluding diaryl/α,β-unsaturated/α-hetero) is 2. The van der Waals surface area contributed by atoms with Crippen LogP contribution in [0.4, 0.5) is 17.1 Å². The third-order valence-corrected chi connectivity index (χ3v) is 11.3. The van der Waals surface area contributed by atoms with Gasteiger partial charge in [-0.15, -0.1) is 0 Å². The highest BCUT2D eigenvalue weighted by molar-refractivity contribution is 6.15. The molecular weight excluding hydrogens is 877 g/mol. The van der Waals surface area contributed by atoms with Crippen molar-refractivity contribution in [3.05, 3.63) is 196 Å². The summed E-state index contributed by atoms with van der Waals surface area (Å²) in [5.41, 5.74) is 2.81. The number of carbonyl (C=O) groups excluding carboxylic acids is 8. The van der Waals surface area contributed by atoms with E-state index >= 15 is 0 Å². The average Bonchev–Trinajstić information content (AvgIpc) is 3.34. The summed E-state index contributed by atoms with van der Waals surface area (Å²) in [6.45, 7) is 14.5. The molecule has 0 aliphatic carbocycles. The second kappa shape index (κ2) is 21.2. The van der Waals surface area contributed by atoms with Gasteiger partial charge in [-0.05, 0) is 110 Å². The van der Waals surface area contributed by atoms with Gasteiger partial charge in [-0.25, -0.2) is 9.59 Å². The first-order valence-electron chi connectivity index (χ1n) is 21.6. The van der Waals surface area contributed by atoms with Crippen molar-refractivity contribution in [3.8, 4) is 0 Å². The normalized spacial score (nSPS) is 10.9. The van der Waals surface area contributed by atoms with E-state index < -0.39 is 59.9 Å². The topological polar surface area (TPSA) is 203 Å². The largest absolute Gasteiger partial charge is 0.454 e. The van der Waals surface area contributed by atoms with Gasteiger partial charge in [-0.1, -0.05) is 87.2 Å². The van der Waals surface area contributed by atoms with Gasteiger partial charge in [0.15, 0.2) is 24.8 Å². The molecule has 0 unspecified atom stereocenters. The SMILES string of the molecule is C=C(C)C(=O)COC(=O)c1ccc(C(C)(C)c2ccc(C(=O)OCC(=O)C(=C)C)c(C(=O)Nc3cccc(C(=O)Nc4cccc5c(NC(=O)c6cccc(C)c6)cccc45)c3)c2)cc1C(=O)NC. The van der Waals surface area contributed by atoms with Gasteiger partial charge < -0.3 is 30.7 Å². The molecule has 0 radical (unpaired) electrons. The van der Waals surface area contributed by atoms with Gasteiger partial charge in [-0.3, -0.25) is 28.8 Å². The number of benzene rings is 6. The van der Waals surface area contributed by atoms with Gasteiger partial charge >= 0.3 is 11.9 Å². The van der Waals surface area contributed by atoms with Crippen LogP contribution in [0.3, 0.4) is 0 Å². The number of ether oxygens (including phenoxy) is 2. The highest BCUT2D eigenvalue weighted by Gasteiger charge is 2.30. The Hall–Kier alpha value is -8.78. The number of anilines is 3. The molecule has 4 N–H and O–H groups in total. The quantitative estimate of drug-likeness (QED) is 0.0504. The number of nitrogens with one attached hydrogen (secondary N) is 4. The zero-order valence-corrected chi connectivity index (χ0v) is 39.0. The molecule has 0 saturated carbocycles. The van der Waals surface area contributed by atoms with Crippen LogP contribution in [0, 0.1) is 6.92 Å². The Morgan fingerprint density at radius 2 is 0.957 bits per heavy atom. The summed E-state index contributed by atoms with van der Waals surface area (Å²) in [5.74, 6) is -5.00. The number of amides is 4. The Balaban J connectivity index is 1.29. The summed E-state index contributed by atoms with van der Waals surface area (Å²) in [5, 5.41) is 12.6. The number of carbonyl (C=O) groups is 8. The molecule has 0 aliphatic rings. The van der Waals surface area contributed by atoms with E-state index in [1.807, 2.05) is 31.2 Å². The Morgan fingerprint density at radius 3 is 1.42 bits per heavy atom. The molecule has 14 nitrogen and oxygen atoms in total.